The summed E-state index contributed by atoms with van der Waals surface area (Å²) in [7, 11) is -4.27. The molecule has 17 rings (SSSR count). The summed E-state index contributed by atoms with van der Waals surface area (Å²) in [6, 6.07) is 54.0. The van der Waals surface area contributed by atoms with Crippen molar-refractivity contribution in [2.75, 3.05) is 48.9 Å². The van der Waals surface area contributed by atoms with Gasteiger partial charge in [0.2, 0.25) is 17.8 Å². The van der Waals surface area contributed by atoms with Gasteiger partial charge in [-0.25, -0.2) is 68.5 Å². The first-order valence-corrected chi connectivity index (χ1v) is 51.4. The Morgan fingerprint density at radius 1 is 0.423 bits per heavy atom. The van der Waals surface area contributed by atoms with E-state index in [1.165, 1.54) is 155 Å². The van der Waals surface area contributed by atoms with E-state index in [1.54, 1.807) is 159 Å². The summed E-state index contributed by atoms with van der Waals surface area (Å²) in [5, 5.41) is 1.74. The molecule has 630 valence electrons. The van der Waals surface area contributed by atoms with Crippen LogP contribution < -0.4 is 53.7 Å². The van der Waals surface area contributed by atoms with Crippen molar-refractivity contribution in [3.63, 3.8) is 0 Å². The third kappa shape index (κ3) is 19.9. The number of aromatic nitrogens is 9. The van der Waals surface area contributed by atoms with Crippen LogP contribution in [0.5, 0.6) is 28.7 Å². The number of aryl methyl sites for hydroxylation is 3. The number of nitrogens with zero attached hydrogens (tertiary/aromatic N) is 11. The van der Waals surface area contributed by atoms with Crippen molar-refractivity contribution in [3.8, 4) is 45.8 Å². The average Bonchev–Trinajstić information content (AvgIpc) is 0.760. The normalized spacial score (nSPS) is 13.1. The molecule has 1 N–H and O–H groups in total. The molecule has 0 amide bonds. The SMILES string of the molecule is COc1cc(C2CCC2)c(C)cc1-n1c(=O)ccc2cc(S(=O)(=O)Nc3ncccn3)ccc21.COc1ccc(CN(c2ncccn2)S(=O)(=O)c2ccc3c(ccc(=O)n3-c3cc(C)c(Br)cc3OC)c2)cc1.COc1ccc(CN(c2ncccn2)S(=O)(=O)c2ccc3c(ccc(=O)n3-c3cc(C)c(C4CCC4)cc3OC)c2)cc1.[CH-]1CCC1.[Zn+][Br]. The zero-order valence-corrected chi connectivity index (χ0v) is 77.4. The van der Waals surface area contributed by atoms with Gasteiger partial charge < -0.3 is 30.1 Å². The van der Waals surface area contributed by atoms with E-state index < -0.39 is 30.1 Å². The van der Waals surface area contributed by atoms with Gasteiger partial charge in [0.05, 0.1) is 96.9 Å². The molecule has 123 heavy (non-hydrogen) atoms. The fourth-order valence-corrected chi connectivity index (χ4v) is 18.5. The summed E-state index contributed by atoms with van der Waals surface area (Å²) in [4.78, 5) is 64.2. The first-order chi connectivity index (χ1) is 59.4. The Balaban J connectivity index is 0.000000154. The number of sulfonamides is 3. The number of halogens is 2. The summed E-state index contributed by atoms with van der Waals surface area (Å²) < 4.78 is 120. The van der Waals surface area contributed by atoms with Gasteiger partial charge in [-0.1, -0.05) is 53.0 Å². The second-order valence-electron chi connectivity index (χ2n) is 29.2. The van der Waals surface area contributed by atoms with Gasteiger partial charge in [-0.15, -0.1) is 6.42 Å². The Morgan fingerprint density at radius 3 is 1.09 bits per heavy atom. The number of anilines is 3. The number of hydrogen-bond donors (Lipinski definition) is 1. The summed E-state index contributed by atoms with van der Waals surface area (Å²) in [6.07, 6.45) is 22.5. The van der Waals surface area contributed by atoms with E-state index in [2.05, 4.69) is 84.4 Å². The van der Waals surface area contributed by atoms with Crippen molar-refractivity contribution >= 4 is 110 Å². The van der Waals surface area contributed by atoms with Gasteiger partial charge in [0.1, 0.15) is 28.7 Å². The minimum absolute atomic E-state index is 0.00322. The molecule has 6 aromatic heterocycles. The molecular formula is C91H88Br2N12O14S3Zn. The predicted molar refractivity (Wildman–Crippen MR) is 480 cm³/mol. The van der Waals surface area contributed by atoms with E-state index >= 15 is 0 Å². The Morgan fingerprint density at radius 2 is 0.756 bits per heavy atom. The molecule has 3 fully saturated rings. The van der Waals surface area contributed by atoms with Gasteiger partial charge in [0.15, 0.2) is 0 Å². The zero-order valence-electron chi connectivity index (χ0n) is 68.8. The Hall–Kier alpha value is -11.5. The molecular weight excluding hydrogens is 1810 g/mol. The number of hydrogen-bond acceptors (Lipinski definition) is 20. The van der Waals surface area contributed by atoms with Crippen LogP contribution >= 0.6 is 29.6 Å². The number of fused-ring (bicyclic) bond motifs is 3. The molecule has 3 saturated carbocycles. The van der Waals surface area contributed by atoms with Crippen molar-refractivity contribution in [2.24, 2.45) is 0 Å². The van der Waals surface area contributed by atoms with Crippen LogP contribution in [0.4, 0.5) is 17.8 Å². The number of methoxy groups -OCH3 is 5. The van der Waals surface area contributed by atoms with Crippen LogP contribution in [-0.4, -0.2) is 104 Å². The molecule has 0 radical (unpaired) electrons. The molecule has 0 unspecified atom stereocenters. The van der Waals surface area contributed by atoms with E-state index in [4.69, 9.17) is 23.7 Å². The summed E-state index contributed by atoms with van der Waals surface area (Å²) >= 11 is 7.75. The van der Waals surface area contributed by atoms with Crippen molar-refractivity contribution in [1.82, 2.24) is 43.6 Å². The molecule has 0 saturated heterocycles. The molecule has 32 heteroatoms. The van der Waals surface area contributed by atoms with Crippen molar-refractivity contribution < 1.29 is 65.3 Å². The zero-order chi connectivity index (χ0) is 87.3. The van der Waals surface area contributed by atoms with E-state index in [9.17, 15) is 39.6 Å². The molecule has 0 atom stereocenters. The van der Waals surface area contributed by atoms with Gasteiger partial charge in [-0.2, -0.15) is 12.8 Å². The Kier molecular flexibility index (Phi) is 28.8. The second kappa shape index (κ2) is 39.8. The monoisotopic (exact) mass is 1890 g/mol. The molecule has 3 aliphatic rings. The molecule has 8 aromatic carbocycles. The van der Waals surface area contributed by atoms with E-state index in [0.29, 0.717) is 90.4 Å². The fraction of sp³-hybridized carbons (Fsp3) is 0.231. The van der Waals surface area contributed by atoms with Crippen LogP contribution in [0.3, 0.4) is 0 Å². The van der Waals surface area contributed by atoms with Crippen LogP contribution in [-0.2, 0) is 59.5 Å². The summed E-state index contributed by atoms with van der Waals surface area (Å²) in [5.41, 5.74) is 9.81. The van der Waals surface area contributed by atoms with Gasteiger partial charge in [-0.05, 0) is 249 Å². The van der Waals surface area contributed by atoms with Crippen LogP contribution in [0.15, 0.2) is 265 Å². The van der Waals surface area contributed by atoms with Crippen molar-refractivity contribution in [2.45, 2.75) is 118 Å². The van der Waals surface area contributed by atoms with Crippen LogP contribution in [0.25, 0.3) is 49.8 Å². The second-order valence-corrected chi connectivity index (χ2v) is 35.4. The summed E-state index contributed by atoms with van der Waals surface area (Å²) in [5.74, 6) is 4.15. The minimum atomic E-state index is -4.11. The number of rotatable bonds is 23. The molecule has 3 aliphatic carbocycles. The molecule has 0 spiro atoms. The van der Waals surface area contributed by atoms with E-state index in [1.807, 2.05) is 37.3 Å². The van der Waals surface area contributed by atoms with Gasteiger partial charge in [0, 0.05) is 76.0 Å². The van der Waals surface area contributed by atoms with Crippen LogP contribution in [0.1, 0.15) is 109 Å². The number of nitrogens with one attached hydrogen (secondary N) is 1. The average molecular weight is 1900 g/mol. The standard InChI is InChI=1S/C33H32N4O5S.C29H25BrN4O5S.C25H24N4O4S.C4H7.BrH.Zn/c1-22-18-30(31(42-3)20-28(22)24-6-4-7-24)37-29-14-13-27(19-25(29)10-15-32(37)38)43(39,40)36(33-34-16-5-17-35-33)21-23-8-11-26(41-2)12-9-23;1-19-15-26(27(39-3)17-24(19)30)34-25-11-10-23(16-21(25)7-12-28(34)35)40(36,37)33(29-31-13-4-14-32-29)18-20-5-8-22(38-2)9-6-20;1-16-13-22(23(33-2)15-20(16)17-5-3-6-17)29-21-9-8-19(14-18(21)7-10-24(29)30)34(31,32)28-25-26-11-4-12-27-25;1-2-4-3-1;;/h5,8-20,24H,4,6-7,21H2,1-3H3;4-17H,18H2,1-3H3;4,7-15,17H,3,5-6H2,1-2H3,(H,26,27,28);1H,2-4H2;1H;/q;;;-1;;+2/p-1. The Bertz CT molecular complexity index is 6710. The first-order valence-electron chi connectivity index (χ1n) is 39.3. The molecule has 0 bridgehead atoms. The Labute approximate surface area is 738 Å². The van der Waals surface area contributed by atoms with Crippen molar-refractivity contribution in [1.29, 1.82) is 0 Å². The van der Waals surface area contributed by atoms with E-state index in [-0.39, 0.29) is 62.3 Å². The van der Waals surface area contributed by atoms with Gasteiger partial charge in [-0.3, -0.25) is 28.1 Å². The van der Waals surface area contributed by atoms with Crippen LogP contribution in [0.2, 0.25) is 0 Å². The molecule has 6 heterocycles. The van der Waals surface area contributed by atoms with E-state index in [0.717, 1.165) is 62.3 Å². The van der Waals surface area contributed by atoms with Crippen molar-refractivity contribution in [3.05, 3.63) is 312 Å². The first kappa shape index (κ1) is 89.2. The summed E-state index contributed by atoms with van der Waals surface area (Å²) in [6.45, 7) is 6.03. The fourth-order valence-electron chi connectivity index (χ4n) is 14.4. The third-order valence-corrected chi connectivity index (χ3v) is 27.2. The molecule has 0 aliphatic heterocycles. The third-order valence-electron chi connectivity index (χ3n) is 21.6. The predicted octanol–water partition coefficient (Wildman–Crippen LogP) is 17.4. The topological polar surface area (TPSA) is 310 Å². The maximum absolute atomic E-state index is 14.1. The van der Waals surface area contributed by atoms with Gasteiger partial charge in [0.25, 0.3) is 46.7 Å². The number of benzene rings is 8. The van der Waals surface area contributed by atoms with Crippen LogP contribution in [0, 0.1) is 27.2 Å². The number of ether oxygens (including phenoxy) is 5. The number of pyridine rings is 3. The molecule has 14 aromatic rings. The quantitative estimate of drug-likeness (QED) is 0.0459. The maximum atomic E-state index is 14.1. The molecule has 26 nitrogen and oxygen atoms in total. The van der Waals surface area contributed by atoms with Gasteiger partial charge >= 0.3 is 30.0 Å².